The Bertz CT molecular complexity index is 1570. The van der Waals surface area contributed by atoms with Gasteiger partial charge in [0.25, 0.3) is 0 Å². The molecule has 3 aromatic heterocycles. The van der Waals surface area contributed by atoms with Crippen LogP contribution in [-0.2, 0) is 17.5 Å². The molecule has 10 heteroatoms. The monoisotopic (exact) mass is 605 g/mol. The van der Waals surface area contributed by atoms with Crippen LogP contribution >= 0.6 is 11.6 Å². The summed E-state index contributed by atoms with van der Waals surface area (Å²) in [7, 11) is -1.91. The predicted octanol–water partition coefficient (Wildman–Crippen LogP) is 8.08. The van der Waals surface area contributed by atoms with Crippen molar-refractivity contribution in [2.75, 3.05) is 11.5 Å². The van der Waals surface area contributed by atoms with Crippen LogP contribution in [0.25, 0.3) is 22.6 Å². The van der Waals surface area contributed by atoms with Crippen molar-refractivity contribution in [3.8, 4) is 28.4 Å². The number of aryl methyl sites for hydroxylation is 2. The second-order valence-electron chi connectivity index (χ2n) is 12.7. The Morgan fingerprint density at radius 2 is 1.86 bits per heavy atom. The molecule has 0 spiro atoms. The SMILES string of the molecule is Cc1noc(C)c1-c1nc(-c2cc(OC[C@@H](C)O[Si](C)(C)C(C)(C)C)ccc2Cl)nc(N2Cc3cccnc3C2)c1C. The lowest BCUT2D eigenvalue weighted by Gasteiger charge is -2.38. The molecule has 5 rings (SSSR count). The Morgan fingerprint density at radius 1 is 1.10 bits per heavy atom. The number of halogens is 1. The van der Waals surface area contributed by atoms with Gasteiger partial charge in [-0.05, 0) is 75.7 Å². The summed E-state index contributed by atoms with van der Waals surface area (Å²) in [6.45, 7) is 21.0. The van der Waals surface area contributed by atoms with Gasteiger partial charge in [-0.3, -0.25) is 4.98 Å². The van der Waals surface area contributed by atoms with Crippen LogP contribution in [0.1, 0.15) is 56.0 Å². The minimum atomic E-state index is -1.91. The number of ether oxygens (including phenoxy) is 1. The zero-order valence-corrected chi connectivity index (χ0v) is 27.8. The van der Waals surface area contributed by atoms with E-state index < -0.39 is 8.32 Å². The van der Waals surface area contributed by atoms with Gasteiger partial charge in [0, 0.05) is 23.9 Å². The lowest BCUT2D eigenvalue weighted by atomic mass is 10.0. The number of aromatic nitrogens is 4. The fourth-order valence-corrected chi connectivity index (χ4v) is 6.67. The van der Waals surface area contributed by atoms with Crippen LogP contribution in [0.15, 0.2) is 41.1 Å². The zero-order chi connectivity index (χ0) is 30.4. The molecule has 0 aliphatic carbocycles. The molecule has 0 saturated heterocycles. The summed E-state index contributed by atoms with van der Waals surface area (Å²) in [5.74, 6) is 2.72. The summed E-state index contributed by atoms with van der Waals surface area (Å²) in [6, 6.07) is 9.70. The fraction of sp³-hybridized carbons (Fsp3) is 0.438. The van der Waals surface area contributed by atoms with E-state index in [-0.39, 0.29) is 11.1 Å². The quantitative estimate of drug-likeness (QED) is 0.186. The molecular weight excluding hydrogens is 566 g/mol. The molecule has 1 aliphatic heterocycles. The van der Waals surface area contributed by atoms with Crippen molar-refractivity contribution in [1.29, 1.82) is 0 Å². The predicted molar refractivity (Wildman–Crippen MR) is 170 cm³/mol. The van der Waals surface area contributed by atoms with Crippen LogP contribution in [0.2, 0.25) is 23.2 Å². The molecular formula is C32H40ClN5O3Si. The van der Waals surface area contributed by atoms with Crippen LogP contribution in [0.3, 0.4) is 0 Å². The molecule has 42 heavy (non-hydrogen) atoms. The molecule has 1 atom stereocenters. The summed E-state index contributed by atoms with van der Waals surface area (Å²) < 4.78 is 18.2. The molecule has 1 aromatic carbocycles. The third kappa shape index (κ3) is 5.95. The Labute approximate surface area is 254 Å². The van der Waals surface area contributed by atoms with Crippen molar-refractivity contribution >= 4 is 25.7 Å². The van der Waals surface area contributed by atoms with E-state index in [1.54, 1.807) is 0 Å². The molecule has 4 heterocycles. The van der Waals surface area contributed by atoms with Gasteiger partial charge in [-0.1, -0.05) is 43.6 Å². The third-order valence-corrected chi connectivity index (χ3v) is 13.3. The van der Waals surface area contributed by atoms with Crippen molar-refractivity contribution in [3.63, 3.8) is 0 Å². The highest BCUT2D eigenvalue weighted by Crippen LogP contribution is 2.40. The topological polar surface area (TPSA) is 86.4 Å². The Hall–Kier alpha value is -3.27. The molecule has 0 bridgehead atoms. The molecule has 0 N–H and O–H groups in total. The summed E-state index contributed by atoms with van der Waals surface area (Å²) in [5, 5.41) is 4.86. The second-order valence-corrected chi connectivity index (χ2v) is 17.8. The van der Waals surface area contributed by atoms with Gasteiger partial charge in [0.2, 0.25) is 0 Å². The molecule has 222 valence electrons. The van der Waals surface area contributed by atoms with E-state index in [1.165, 1.54) is 5.56 Å². The van der Waals surface area contributed by atoms with Crippen LogP contribution in [-0.4, -0.2) is 41.1 Å². The first-order chi connectivity index (χ1) is 19.7. The van der Waals surface area contributed by atoms with Gasteiger partial charge in [0.15, 0.2) is 14.1 Å². The highest BCUT2D eigenvalue weighted by molar-refractivity contribution is 6.74. The first-order valence-electron chi connectivity index (χ1n) is 14.4. The number of rotatable bonds is 8. The molecule has 1 aliphatic rings. The van der Waals surface area contributed by atoms with E-state index in [0.29, 0.717) is 47.6 Å². The van der Waals surface area contributed by atoms with Gasteiger partial charge in [-0.2, -0.15) is 0 Å². The zero-order valence-electron chi connectivity index (χ0n) is 26.0. The summed E-state index contributed by atoms with van der Waals surface area (Å²) in [4.78, 5) is 17.0. The molecule has 0 fully saturated rings. The highest BCUT2D eigenvalue weighted by atomic mass is 35.5. The number of fused-ring (bicyclic) bond motifs is 1. The lowest BCUT2D eigenvalue weighted by molar-refractivity contribution is 0.129. The van der Waals surface area contributed by atoms with E-state index in [4.69, 9.17) is 35.3 Å². The largest absolute Gasteiger partial charge is 0.491 e. The van der Waals surface area contributed by atoms with Crippen molar-refractivity contribution in [3.05, 3.63) is 69.8 Å². The number of benzene rings is 1. The summed E-state index contributed by atoms with van der Waals surface area (Å²) >= 11 is 6.79. The maximum Gasteiger partial charge on any atom is 0.192 e. The van der Waals surface area contributed by atoms with Crippen molar-refractivity contribution in [2.45, 2.75) is 85.8 Å². The summed E-state index contributed by atoms with van der Waals surface area (Å²) in [6.07, 6.45) is 1.78. The van der Waals surface area contributed by atoms with E-state index in [1.807, 2.05) is 51.2 Å². The molecule has 0 unspecified atom stereocenters. The van der Waals surface area contributed by atoms with Crippen molar-refractivity contribution in [1.82, 2.24) is 20.1 Å². The standard InChI is InChI=1S/C32H40ClN5O3Si/c1-19(41-42(8,9)32(5,6)7)18-39-24-12-13-26(33)25(15-24)30-35-29(28-21(3)37-40-22(28)4)20(2)31(36-30)38-16-23-11-10-14-34-27(23)17-38/h10-15,19H,16-18H2,1-9H3/t19-/m1/s1. The van der Waals surface area contributed by atoms with Gasteiger partial charge < -0.3 is 18.6 Å². The molecule has 0 saturated carbocycles. The van der Waals surface area contributed by atoms with Gasteiger partial charge >= 0.3 is 0 Å². The van der Waals surface area contributed by atoms with Crippen LogP contribution in [0.4, 0.5) is 5.82 Å². The Morgan fingerprint density at radius 3 is 2.52 bits per heavy atom. The number of nitrogens with zero attached hydrogens (tertiary/aromatic N) is 5. The van der Waals surface area contributed by atoms with Crippen molar-refractivity contribution in [2.24, 2.45) is 0 Å². The van der Waals surface area contributed by atoms with E-state index in [9.17, 15) is 0 Å². The maximum atomic E-state index is 6.79. The number of anilines is 1. The van der Waals surface area contributed by atoms with Gasteiger partial charge in [-0.15, -0.1) is 0 Å². The first kappa shape index (κ1) is 30.2. The number of hydrogen-bond acceptors (Lipinski definition) is 8. The number of hydrogen-bond donors (Lipinski definition) is 0. The van der Waals surface area contributed by atoms with Gasteiger partial charge in [0.1, 0.15) is 23.9 Å². The van der Waals surface area contributed by atoms with Gasteiger partial charge in [-0.25, -0.2) is 9.97 Å². The minimum Gasteiger partial charge on any atom is -0.491 e. The van der Waals surface area contributed by atoms with Crippen LogP contribution in [0, 0.1) is 20.8 Å². The average molecular weight is 606 g/mol. The highest BCUT2D eigenvalue weighted by Gasteiger charge is 2.38. The van der Waals surface area contributed by atoms with E-state index in [0.717, 1.165) is 34.0 Å². The number of pyridine rings is 1. The molecule has 4 aromatic rings. The van der Waals surface area contributed by atoms with Gasteiger partial charge in [0.05, 0.1) is 40.3 Å². The third-order valence-electron chi connectivity index (χ3n) is 8.34. The Balaban J connectivity index is 1.51. The fourth-order valence-electron chi connectivity index (χ4n) is 5.04. The maximum absolute atomic E-state index is 6.79. The van der Waals surface area contributed by atoms with E-state index in [2.05, 4.69) is 61.9 Å². The average Bonchev–Trinajstić information content (AvgIpc) is 3.50. The summed E-state index contributed by atoms with van der Waals surface area (Å²) in [5.41, 5.74) is 6.30. The first-order valence-corrected chi connectivity index (χ1v) is 17.6. The smallest absolute Gasteiger partial charge is 0.192 e. The van der Waals surface area contributed by atoms with Crippen molar-refractivity contribution < 1.29 is 13.7 Å². The second kappa shape index (κ2) is 11.4. The minimum absolute atomic E-state index is 0.0520. The van der Waals surface area contributed by atoms with Crippen LogP contribution < -0.4 is 9.64 Å². The Kier molecular flexibility index (Phi) is 8.22. The normalized spacial score (nSPS) is 14.3. The van der Waals surface area contributed by atoms with Crippen LogP contribution in [0.5, 0.6) is 5.75 Å². The molecule has 8 nitrogen and oxygen atoms in total. The lowest BCUT2D eigenvalue weighted by Crippen LogP contribution is -2.44. The molecule has 0 radical (unpaired) electrons. The van der Waals surface area contributed by atoms with E-state index >= 15 is 0 Å². The molecule has 0 amide bonds.